The molecule has 0 aromatic heterocycles. The van der Waals surface area contributed by atoms with E-state index >= 15 is 0 Å². The molecule has 2 saturated heterocycles. The second-order valence-electron chi connectivity index (χ2n) is 5.65. The van der Waals surface area contributed by atoms with Gasteiger partial charge in [-0.1, -0.05) is 0 Å². The highest BCUT2D eigenvalue weighted by atomic mass is 16.5. The number of rotatable bonds is 3. The van der Waals surface area contributed by atoms with Gasteiger partial charge in [0.25, 0.3) is 5.91 Å². The number of piperidine rings is 1. The van der Waals surface area contributed by atoms with Crippen LogP contribution in [-0.4, -0.2) is 44.8 Å². The zero-order valence-electron chi connectivity index (χ0n) is 12.3. The molecule has 1 atom stereocenters. The largest absolute Gasteiger partial charge is 0.372 e. The summed E-state index contributed by atoms with van der Waals surface area (Å²) in [5.74, 6) is -0.0760. The van der Waals surface area contributed by atoms with Gasteiger partial charge in [-0.05, 0) is 43.5 Å². The molecule has 0 saturated carbocycles. The molecule has 0 radical (unpaired) electrons. The summed E-state index contributed by atoms with van der Waals surface area (Å²) in [6.07, 6.45) is 3.48. The van der Waals surface area contributed by atoms with E-state index in [-0.39, 0.29) is 12.0 Å². The smallest absolute Gasteiger partial charge is 0.254 e. The SMILES string of the molecule is O=C(Nc1ccc(N2CCCCC2)cc1)C1CNCCO1. The third-order valence-electron chi connectivity index (χ3n) is 4.08. The van der Waals surface area contributed by atoms with Crippen molar-refractivity contribution in [1.82, 2.24) is 5.32 Å². The number of nitrogens with zero attached hydrogens (tertiary/aromatic N) is 1. The van der Waals surface area contributed by atoms with Gasteiger partial charge in [0, 0.05) is 37.6 Å². The molecule has 2 heterocycles. The Hall–Kier alpha value is -1.59. The van der Waals surface area contributed by atoms with E-state index in [1.54, 1.807) is 0 Å². The summed E-state index contributed by atoms with van der Waals surface area (Å²) >= 11 is 0. The number of hydrogen-bond acceptors (Lipinski definition) is 4. The summed E-state index contributed by atoms with van der Waals surface area (Å²) in [5, 5.41) is 6.08. The second kappa shape index (κ2) is 6.91. The van der Waals surface area contributed by atoms with Gasteiger partial charge in [-0.15, -0.1) is 0 Å². The van der Waals surface area contributed by atoms with Crippen LogP contribution in [0.5, 0.6) is 0 Å². The van der Waals surface area contributed by atoms with Crippen molar-refractivity contribution in [3.05, 3.63) is 24.3 Å². The lowest BCUT2D eigenvalue weighted by atomic mass is 10.1. The summed E-state index contributed by atoms with van der Waals surface area (Å²) in [4.78, 5) is 14.5. The highest BCUT2D eigenvalue weighted by molar-refractivity contribution is 5.94. The van der Waals surface area contributed by atoms with Crippen LogP contribution in [0.25, 0.3) is 0 Å². The molecule has 0 aliphatic carbocycles. The average Bonchev–Trinajstić information content (AvgIpc) is 2.57. The van der Waals surface area contributed by atoms with E-state index in [0.29, 0.717) is 13.2 Å². The van der Waals surface area contributed by atoms with Crippen LogP contribution < -0.4 is 15.5 Å². The van der Waals surface area contributed by atoms with Crippen molar-refractivity contribution in [2.45, 2.75) is 25.4 Å². The van der Waals surface area contributed by atoms with Crippen molar-refractivity contribution < 1.29 is 9.53 Å². The molecule has 114 valence electrons. The number of carbonyl (C=O) groups is 1. The fourth-order valence-corrected chi connectivity index (χ4v) is 2.86. The Morgan fingerprint density at radius 1 is 1.19 bits per heavy atom. The normalized spacial score (nSPS) is 22.9. The fourth-order valence-electron chi connectivity index (χ4n) is 2.86. The lowest BCUT2D eigenvalue weighted by molar-refractivity contribution is -0.128. The number of anilines is 2. The Morgan fingerprint density at radius 3 is 2.62 bits per heavy atom. The van der Waals surface area contributed by atoms with E-state index in [4.69, 9.17) is 4.74 Å². The highest BCUT2D eigenvalue weighted by Crippen LogP contribution is 2.21. The van der Waals surface area contributed by atoms with E-state index in [2.05, 4.69) is 27.7 Å². The van der Waals surface area contributed by atoms with E-state index in [9.17, 15) is 4.79 Å². The van der Waals surface area contributed by atoms with Gasteiger partial charge in [-0.25, -0.2) is 0 Å². The summed E-state index contributed by atoms with van der Waals surface area (Å²) < 4.78 is 5.45. The minimum atomic E-state index is -0.388. The van der Waals surface area contributed by atoms with Gasteiger partial charge in [-0.2, -0.15) is 0 Å². The molecule has 2 fully saturated rings. The first-order chi connectivity index (χ1) is 10.3. The number of amides is 1. The molecule has 2 aliphatic rings. The molecule has 1 amide bonds. The first-order valence-electron chi connectivity index (χ1n) is 7.81. The molecule has 1 aromatic rings. The van der Waals surface area contributed by atoms with Crippen LogP contribution in [0.15, 0.2) is 24.3 Å². The van der Waals surface area contributed by atoms with Crippen molar-refractivity contribution in [2.75, 3.05) is 43.0 Å². The van der Waals surface area contributed by atoms with E-state index in [1.807, 2.05) is 12.1 Å². The summed E-state index contributed by atoms with van der Waals surface area (Å²) in [6, 6.07) is 8.11. The standard InChI is InChI=1S/C16H23N3O2/c20-16(15-12-17-8-11-21-15)18-13-4-6-14(7-5-13)19-9-2-1-3-10-19/h4-7,15,17H,1-3,8-12H2,(H,18,20). The highest BCUT2D eigenvalue weighted by Gasteiger charge is 2.21. The van der Waals surface area contributed by atoms with Gasteiger partial charge in [0.05, 0.1) is 6.61 Å². The van der Waals surface area contributed by atoms with Gasteiger partial charge < -0.3 is 20.3 Å². The fraction of sp³-hybridized carbons (Fsp3) is 0.562. The summed E-state index contributed by atoms with van der Waals surface area (Å²) in [6.45, 7) is 4.25. The molecule has 2 N–H and O–H groups in total. The molecule has 5 heteroatoms. The van der Waals surface area contributed by atoms with Crippen LogP contribution in [0.2, 0.25) is 0 Å². The zero-order chi connectivity index (χ0) is 14.5. The summed E-state index contributed by atoms with van der Waals surface area (Å²) in [7, 11) is 0. The second-order valence-corrected chi connectivity index (χ2v) is 5.65. The van der Waals surface area contributed by atoms with Crippen LogP contribution in [-0.2, 0) is 9.53 Å². The van der Waals surface area contributed by atoms with Crippen LogP contribution in [0.4, 0.5) is 11.4 Å². The number of hydrogen-bond donors (Lipinski definition) is 2. The van der Waals surface area contributed by atoms with Crippen molar-refractivity contribution in [1.29, 1.82) is 0 Å². The molecule has 0 spiro atoms. The van der Waals surface area contributed by atoms with Crippen molar-refractivity contribution in [3.8, 4) is 0 Å². The maximum Gasteiger partial charge on any atom is 0.254 e. The van der Waals surface area contributed by atoms with E-state index < -0.39 is 0 Å². The minimum Gasteiger partial charge on any atom is -0.372 e. The Morgan fingerprint density at radius 2 is 1.95 bits per heavy atom. The molecule has 0 bridgehead atoms. The number of morpholine rings is 1. The third-order valence-corrected chi connectivity index (χ3v) is 4.08. The van der Waals surface area contributed by atoms with Gasteiger partial charge in [0.1, 0.15) is 6.10 Å². The number of ether oxygens (including phenoxy) is 1. The van der Waals surface area contributed by atoms with Crippen LogP contribution in [0, 0.1) is 0 Å². The zero-order valence-corrected chi connectivity index (χ0v) is 12.3. The van der Waals surface area contributed by atoms with Crippen LogP contribution >= 0.6 is 0 Å². The first-order valence-corrected chi connectivity index (χ1v) is 7.81. The number of nitrogens with one attached hydrogen (secondary N) is 2. The topological polar surface area (TPSA) is 53.6 Å². The van der Waals surface area contributed by atoms with E-state index in [1.165, 1.54) is 24.9 Å². The Kier molecular flexibility index (Phi) is 4.72. The predicted molar refractivity (Wildman–Crippen MR) is 83.7 cm³/mol. The molecule has 21 heavy (non-hydrogen) atoms. The first kappa shape index (κ1) is 14.4. The van der Waals surface area contributed by atoms with Crippen LogP contribution in [0.3, 0.4) is 0 Å². The average molecular weight is 289 g/mol. The van der Waals surface area contributed by atoms with Gasteiger partial charge in [0.2, 0.25) is 0 Å². The molecule has 1 aromatic carbocycles. The Bertz CT molecular complexity index is 463. The molecular formula is C16H23N3O2. The molecule has 1 unspecified atom stereocenters. The maximum atomic E-state index is 12.1. The van der Waals surface area contributed by atoms with Gasteiger partial charge >= 0.3 is 0 Å². The van der Waals surface area contributed by atoms with E-state index in [0.717, 1.165) is 25.3 Å². The monoisotopic (exact) mass is 289 g/mol. The predicted octanol–water partition coefficient (Wildman–Crippen LogP) is 1.60. The number of benzene rings is 1. The van der Waals surface area contributed by atoms with Crippen molar-refractivity contribution in [3.63, 3.8) is 0 Å². The van der Waals surface area contributed by atoms with Crippen molar-refractivity contribution >= 4 is 17.3 Å². The third kappa shape index (κ3) is 3.74. The maximum absolute atomic E-state index is 12.1. The minimum absolute atomic E-state index is 0.0760. The van der Waals surface area contributed by atoms with Gasteiger partial charge in [-0.3, -0.25) is 4.79 Å². The lowest BCUT2D eigenvalue weighted by Gasteiger charge is -2.29. The molecule has 3 rings (SSSR count). The Labute approximate surface area is 125 Å². The quantitative estimate of drug-likeness (QED) is 0.887. The lowest BCUT2D eigenvalue weighted by Crippen LogP contribution is -2.45. The molecule has 2 aliphatic heterocycles. The van der Waals surface area contributed by atoms with Crippen LogP contribution in [0.1, 0.15) is 19.3 Å². The summed E-state index contributed by atoms with van der Waals surface area (Å²) in [5.41, 5.74) is 2.07. The Balaban J connectivity index is 1.57. The molecule has 5 nitrogen and oxygen atoms in total. The number of carbonyl (C=O) groups excluding carboxylic acids is 1. The van der Waals surface area contributed by atoms with Crippen molar-refractivity contribution in [2.24, 2.45) is 0 Å². The molecular weight excluding hydrogens is 266 g/mol. The van der Waals surface area contributed by atoms with Gasteiger partial charge in [0.15, 0.2) is 0 Å².